The van der Waals surface area contributed by atoms with Crippen molar-refractivity contribution in [1.29, 1.82) is 0 Å². The topological polar surface area (TPSA) is 83.6 Å². The summed E-state index contributed by atoms with van der Waals surface area (Å²) in [6.45, 7) is 0.340. The first-order valence-corrected chi connectivity index (χ1v) is 5.55. The van der Waals surface area contributed by atoms with Crippen molar-refractivity contribution in [2.24, 2.45) is 0 Å². The van der Waals surface area contributed by atoms with Crippen LogP contribution in [0.25, 0.3) is 0 Å². The molecule has 98 valence electrons. The van der Waals surface area contributed by atoms with Crippen molar-refractivity contribution >= 4 is 11.9 Å². The van der Waals surface area contributed by atoms with E-state index in [-0.39, 0.29) is 11.6 Å². The fraction of sp³-hybridized carbons (Fsp3) is 0.154. The van der Waals surface area contributed by atoms with E-state index in [0.29, 0.717) is 17.9 Å². The molecule has 0 aliphatic carbocycles. The Bertz CT molecular complexity index is 575. The highest BCUT2D eigenvalue weighted by molar-refractivity contribution is 5.94. The predicted molar refractivity (Wildman–Crippen MR) is 65.7 cm³/mol. The molecular formula is C13H12N2O4. The number of carboxylic acid groups (broad SMARTS) is 1. The van der Waals surface area contributed by atoms with Crippen LogP contribution in [-0.2, 0) is 6.54 Å². The molecule has 0 saturated heterocycles. The molecule has 19 heavy (non-hydrogen) atoms. The van der Waals surface area contributed by atoms with E-state index < -0.39 is 5.97 Å². The summed E-state index contributed by atoms with van der Waals surface area (Å²) < 4.78 is 5.15. The fourth-order valence-electron chi connectivity index (χ4n) is 1.58. The van der Waals surface area contributed by atoms with Gasteiger partial charge in [0.2, 0.25) is 0 Å². The lowest BCUT2D eigenvalue weighted by Gasteiger charge is -2.15. The third-order valence-electron chi connectivity index (χ3n) is 2.55. The van der Waals surface area contributed by atoms with Gasteiger partial charge in [0.05, 0.1) is 18.4 Å². The first-order chi connectivity index (χ1) is 9.08. The zero-order valence-corrected chi connectivity index (χ0v) is 10.2. The highest BCUT2D eigenvalue weighted by Gasteiger charge is 2.14. The summed E-state index contributed by atoms with van der Waals surface area (Å²) in [4.78, 5) is 27.9. The van der Waals surface area contributed by atoms with Crippen molar-refractivity contribution in [3.8, 4) is 0 Å². The number of carboxylic acids is 1. The molecule has 2 aromatic rings. The number of hydrogen-bond acceptors (Lipinski definition) is 4. The third-order valence-corrected chi connectivity index (χ3v) is 2.55. The minimum Gasteiger partial charge on any atom is -0.477 e. The van der Waals surface area contributed by atoms with Gasteiger partial charge in [-0.25, -0.2) is 9.78 Å². The number of pyridine rings is 1. The van der Waals surface area contributed by atoms with E-state index in [9.17, 15) is 9.59 Å². The molecule has 6 heteroatoms. The maximum atomic E-state index is 12.0. The second-order valence-corrected chi connectivity index (χ2v) is 3.98. The molecule has 0 aliphatic heterocycles. The number of nitrogens with zero attached hydrogens (tertiary/aromatic N) is 2. The van der Waals surface area contributed by atoms with Gasteiger partial charge in [-0.15, -0.1) is 0 Å². The van der Waals surface area contributed by atoms with Crippen LogP contribution in [-0.4, -0.2) is 33.9 Å². The Morgan fingerprint density at radius 1 is 1.37 bits per heavy atom. The maximum absolute atomic E-state index is 12.0. The minimum atomic E-state index is -1.12. The van der Waals surface area contributed by atoms with Crippen LogP contribution in [0.5, 0.6) is 0 Å². The number of amides is 1. The van der Waals surface area contributed by atoms with Gasteiger partial charge in [-0.3, -0.25) is 4.79 Å². The summed E-state index contributed by atoms with van der Waals surface area (Å²) in [7, 11) is 1.63. The van der Waals surface area contributed by atoms with Gasteiger partial charge >= 0.3 is 5.97 Å². The molecule has 0 unspecified atom stereocenters. The Balaban J connectivity index is 2.08. The van der Waals surface area contributed by atoms with E-state index in [0.717, 1.165) is 0 Å². The molecule has 0 fully saturated rings. The lowest BCUT2D eigenvalue weighted by Crippen LogP contribution is -2.26. The molecule has 0 aromatic carbocycles. The molecule has 2 heterocycles. The van der Waals surface area contributed by atoms with Gasteiger partial charge in [0.25, 0.3) is 5.91 Å². The van der Waals surface area contributed by atoms with E-state index in [2.05, 4.69) is 4.98 Å². The van der Waals surface area contributed by atoms with Gasteiger partial charge in [-0.2, -0.15) is 0 Å². The second-order valence-electron chi connectivity index (χ2n) is 3.98. The summed E-state index contributed by atoms with van der Waals surface area (Å²) >= 11 is 0. The molecule has 6 nitrogen and oxygen atoms in total. The standard InChI is InChI=1S/C13H12N2O4/c1-15(8-10-3-2-6-19-10)12(16)9-4-5-11(13(17)18)14-7-9/h2-7H,8H2,1H3,(H,17,18). The van der Waals surface area contributed by atoms with Gasteiger partial charge in [0.1, 0.15) is 11.5 Å². The number of carbonyl (C=O) groups excluding carboxylic acids is 1. The molecule has 0 bridgehead atoms. The Hall–Kier alpha value is -2.63. The van der Waals surface area contributed by atoms with Crippen molar-refractivity contribution in [3.05, 3.63) is 53.7 Å². The maximum Gasteiger partial charge on any atom is 0.354 e. The first-order valence-electron chi connectivity index (χ1n) is 5.55. The Morgan fingerprint density at radius 2 is 2.16 bits per heavy atom. The normalized spacial score (nSPS) is 10.2. The Morgan fingerprint density at radius 3 is 2.68 bits per heavy atom. The van der Waals surface area contributed by atoms with Gasteiger partial charge in [0, 0.05) is 13.2 Å². The van der Waals surface area contributed by atoms with Crippen LogP contribution in [0.2, 0.25) is 0 Å². The first kappa shape index (κ1) is 12.8. The highest BCUT2D eigenvalue weighted by atomic mass is 16.4. The molecule has 2 rings (SSSR count). The predicted octanol–water partition coefficient (Wildman–Crippen LogP) is 1.65. The molecule has 1 N–H and O–H groups in total. The monoisotopic (exact) mass is 260 g/mol. The van der Waals surface area contributed by atoms with Gasteiger partial charge in [0.15, 0.2) is 0 Å². The Kier molecular flexibility index (Phi) is 3.61. The van der Waals surface area contributed by atoms with E-state index in [1.54, 1.807) is 19.2 Å². The van der Waals surface area contributed by atoms with Crippen molar-refractivity contribution in [1.82, 2.24) is 9.88 Å². The van der Waals surface area contributed by atoms with Crippen LogP contribution in [0.4, 0.5) is 0 Å². The van der Waals surface area contributed by atoms with Crippen LogP contribution < -0.4 is 0 Å². The summed E-state index contributed by atoms with van der Waals surface area (Å²) in [5, 5.41) is 8.72. The van der Waals surface area contributed by atoms with Gasteiger partial charge < -0.3 is 14.4 Å². The molecule has 0 saturated carbocycles. The van der Waals surface area contributed by atoms with E-state index in [1.807, 2.05) is 0 Å². The van der Waals surface area contributed by atoms with Crippen LogP contribution in [0, 0.1) is 0 Å². The molecule has 0 atom stereocenters. The molecule has 0 spiro atoms. The summed E-state index contributed by atoms with van der Waals surface area (Å²) in [6, 6.07) is 6.26. The van der Waals surface area contributed by atoms with Gasteiger partial charge in [-0.1, -0.05) is 0 Å². The number of aromatic nitrogens is 1. The number of carbonyl (C=O) groups is 2. The zero-order chi connectivity index (χ0) is 13.8. The summed E-state index contributed by atoms with van der Waals surface area (Å²) in [5.41, 5.74) is 0.240. The van der Waals surface area contributed by atoms with Crippen LogP contribution in [0.1, 0.15) is 26.6 Å². The number of furan rings is 1. The SMILES string of the molecule is CN(Cc1ccco1)C(=O)c1ccc(C(=O)O)nc1. The minimum absolute atomic E-state index is 0.0924. The lowest BCUT2D eigenvalue weighted by molar-refractivity contribution is 0.0688. The number of hydrogen-bond donors (Lipinski definition) is 1. The molecule has 2 aromatic heterocycles. The average Bonchev–Trinajstić information content (AvgIpc) is 2.90. The Labute approximate surface area is 109 Å². The summed E-state index contributed by atoms with van der Waals surface area (Å²) in [5.74, 6) is -0.699. The second kappa shape index (κ2) is 5.34. The van der Waals surface area contributed by atoms with E-state index in [4.69, 9.17) is 9.52 Å². The van der Waals surface area contributed by atoms with Crippen LogP contribution in [0.3, 0.4) is 0 Å². The van der Waals surface area contributed by atoms with Crippen molar-refractivity contribution < 1.29 is 19.1 Å². The molecular weight excluding hydrogens is 248 g/mol. The van der Waals surface area contributed by atoms with Crippen molar-refractivity contribution in [2.45, 2.75) is 6.54 Å². The van der Waals surface area contributed by atoms with Crippen LogP contribution >= 0.6 is 0 Å². The number of aromatic carboxylic acids is 1. The van der Waals surface area contributed by atoms with E-state index in [1.165, 1.54) is 29.5 Å². The average molecular weight is 260 g/mol. The molecule has 1 amide bonds. The quantitative estimate of drug-likeness (QED) is 0.903. The highest BCUT2D eigenvalue weighted by Crippen LogP contribution is 2.08. The summed E-state index contributed by atoms with van der Waals surface area (Å²) in [6.07, 6.45) is 2.79. The van der Waals surface area contributed by atoms with E-state index >= 15 is 0 Å². The van der Waals surface area contributed by atoms with Gasteiger partial charge in [-0.05, 0) is 24.3 Å². The molecule has 0 radical (unpaired) electrons. The third kappa shape index (κ3) is 2.98. The largest absolute Gasteiger partial charge is 0.477 e. The van der Waals surface area contributed by atoms with Crippen molar-refractivity contribution in [3.63, 3.8) is 0 Å². The fourth-order valence-corrected chi connectivity index (χ4v) is 1.58. The smallest absolute Gasteiger partial charge is 0.354 e. The molecule has 0 aliphatic rings. The van der Waals surface area contributed by atoms with Crippen LogP contribution in [0.15, 0.2) is 41.1 Å². The van der Waals surface area contributed by atoms with Crippen molar-refractivity contribution in [2.75, 3.05) is 7.05 Å². The lowest BCUT2D eigenvalue weighted by atomic mass is 10.2. The zero-order valence-electron chi connectivity index (χ0n) is 10.2. The number of rotatable bonds is 4.